The van der Waals surface area contributed by atoms with Crippen LogP contribution in [0.1, 0.15) is 33.6 Å². The number of piperazine rings is 1. The van der Waals surface area contributed by atoms with E-state index in [0.717, 1.165) is 37.6 Å². The van der Waals surface area contributed by atoms with Crippen LogP contribution in [0, 0.1) is 0 Å². The Morgan fingerprint density at radius 2 is 1.52 bits per heavy atom. The Morgan fingerprint density at radius 3 is 2.03 bits per heavy atom. The topological polar surface area (TPSA) is 102 Å². The minimum absolute atomic E-state index is 0.110. The molecule has 1 aromatic carbocycles. The molecule has 3 rings (SSSR count). The summed E-state index contributed by atoms with van der Waals surface area (Å²) in [4.78, 5) is 29.8. The Morgan fingerprint density at radius 1 is 0.935 bits per heavy atom. The van der Waals surface area contributed by atoms with E-state index in [1.165, 1.54) is 0 Å². The third-order valence-corrected chi connectivity index (χ3v) is 7.85. The van der Waals surface area contributed by atoms with Gasteiger partial charge < -0.3 is 20.0 Å². The molecular formula is C21H33N5O4S. The second kappa shape index (κ2) is 9.86. The van der Waals surface area contributed by atoms with Crippen LogP contribution in [-0.2, 0) is 14.8 Å². The molecule has 0 unspecified atom stereocenters. The van der Waals surface area contributed by atoms with E-state index in [-0.39, 0.29) is 18.0 Å². The average Bonchev–Trinajstić information content (AvgIpc) is 2.74. The van der Waals surface area contributed by atoms with Gasteiger partial charge in [0.1, 0.15) is 0 Å². The summed E-state index contributed by atoms with van der Waals surface area (Å²) in [6, 6.07) is 7.42. The quantitative estimate of drug-likeness (QED) is 0.709. The van der Waals surface area contributed by atoms with E-state index >= 15 is 0 Å². The van der Waals surface area contributed by atoms with E-state index in [4.69, 9.17) is 0 Å². The van der Waals surface area contributed by atoms with Gasteiger partial charge in [-0.3, -0.25) is 4.79 Å². The zero-order valence-electron chi connectivity index (χ0n) is 18.5. The number of amides is 3. The Kier molecular flexibility index (Phi) is 7.42. The Hall–Kier alpha value is -2.33. The van der Waals surface area contributed by atoms with Crippen molar-refractivity contribution in [3.63, 3.8) is 0 Å². The molecule has 0 aliphatic carbocycles. The second-order valence-electron chi connectivity index (χ2n) is 8.44. The number of nitrogens with zero attached hydrogens (tertiary/aromatic N) is 3. The SMILES string of the molecule is CC(=O)N1CCN(c2ccc(NC(=O)N3CCC(NS(=O)(=O)C(C)C)CC3)cc2)CC1. The number of hydrogen-bond donors (Lipinski definition) is 2. The lowest BCUT2D eigenvalue weighted by atomic mass is 10.1. The molecule has 0 aromatic heterocycles. The van der Waals surface area contributed by atoms with Crippen LogP contribution in [0.3, 0.4) is 0 Å². The predicted molar refractivity (Wildman–Crippen MR) is 122 cm³/mol. The summed E-state index contributed by atoms with van der Waals surface area (Å²) in [5.74, 6) is 0.110. The van der Waals surface area contributed by atoms with E-state index in [9.17, 15) is 18.0 Å². The zero-order valence-corrected chi connectivity index (χ0v) is 19.3. The minimum Gasteiger partial charge on any atom is -0.368 e. The molecule has 9 nitrogen and oxygen atoms in total. The van der Waals surface area contributed by atoms with Crippen molar-refractivity contribution in [2.24, 2.45) is 0 Å². The maximum atomic E-state index is 12.6. The van der Waals surface area contributed by atoms with Crippen molar-refractivity contribution in [3.8, 4) is 0 Å². The number of anilines is 2. The molecule has 10 heteroatoms. The van der Waals surface area contributed by atoms with Gasteiger partial charge in [0.15, 0.2) is 0 Å². The summed E-state index contributed by atoms with van der Waals surface area (Å²) >= 11 is 0. The van der Waals surface area contributed by atoms with Gasteiger partial charge in [-0.2, -0.15) is 0 Å². The van der Waals surface area contributed by atoms with Crippen molar-refractivity contribution in [2.75, 3.05) is 49.5 Å². The van der Waals surface area contributed by atoms with Crippen LogP contribution in [0.5, 0.6) is 0 Å². The fraction of sp³-hybridized carbons (Fsp3) is 0.619. The van der Waals surface area contributed by atoms with E-state index in [2.05, 4.69) is 14.9 Å². The largest absolute Gasteiger partial charge is 0.368 e. The number of nitrogens with one attached hydrogen (secondary N) is 2. The maximum Gasteiger partial charge on any atom is 0.321 e. The van der Waals surface area contributed by atoms with E-state index in [1.54, 1.807) is 25.7 Å². The first-order valence-electron chi connectivity index (χ1n) is 10.8. The number of rotatable bonds is 5. The second-order valence-corrected chi connectivity index (χ2v) is 10.7. The monoisotopic (exact) mass is 451 g/mol. The molecule has 1 aromatic rings. The lowest BCUT2D eigenvalue weighted by Gasteiger charge is -2.35. The highest BCUT2D eigenvalue weighted by Crippen LogP contribution is 2.21. The Bertz CT molecular complexity index is 872. The smallest absolute Gasteiger partial charge is 0.321 e. The fourth-order valence-corrected chi connectivity index (χ4v) is 4.78. The maximum absolute atomic E-state index is 12.6. The number of carbonyl (C=O) groups is 2. The molecule has 172 valence electrons. The van der Waals surface area contributed by atoms with Gasteiger partial charge in [0.05, 0.1) is 5.25 Å². The molecule has 31 heavy (non-hydrogen) atoms. The van der Waals surface area contributed by atoms with E-state index in [0.29, 0.717) is 25.9 Å². The van der Waals surface area contributed by atoms with Gasteiger partial charge in [0, 0.05) is 63.6 Å². The lowest BCUT2D eigenvalue weighted by molar-refractivity contribution is -0.129. The van der Waals surface area contributed by atoms with Gasteiger partial charge in [0.2, 0.25) is 15.9 Å². The highest BCUT2D eigenvalue weighted by molar-refractivity contribution is 7.90. The number of urea groups is 1. The average molecular weight is 452 g/mol. The molecule has 3 amide bonds. The van der Waals surface area contributed by atoms with Crippen LogP contribution in [0.4, 0.5) is 16.2 Å². The molecule has 2 saturated heterocycles. The van der Waals surface area contributed by atoms with Crippen LogP contribution in [0.25, 0.3) is 0 Å². The Balaban J connectivity index is 1.47. The fourth-order valence-electron chi connectivity index (χ4n) is 3.81. The van der Waals surface area contributed by atoms with Crippen molar-refractivity contribution < 1.29 is 18.0 Å². The van der Waals surface area contributed by atoms with Gasteiger partial charge in [-0.1, -0.05) is 0 Å². The number of sulfonamides is 1. The molecule has 0 spiro atoms. The molecular weight excluding hydrogens is 418 g/mol. The van der Waals surface area contributed by atoms with Crippen LogP contribution < -0.4 is 14.9 Å². The summed E-state index contributed by atoms with van der Waals surface area (Å²) in [5.41, 5.74) is 1.79. The zero-order chi connectivity index (χ0) is 22.6. The number of benzene rings is 1. The van der Waals surface area contributed by atoms with Crippen LogP contribution >= 0.6 is 0 Å². The third kappa shape index (κ3) is 6.10. The van der Waals surface area contributed by atoms with Gasteiger partial charge in [-0.05, 0) is 51.0 Å². The first-order valence-corrected chi connectivity index (χ1v) is 12.4. The molecule has 2 heterocycles. The molecule has 2 fully saturated rings. The van der Waals surface area contributed by atoms with E-state index in [1.807, 2.05) is 29.2 Å². The molecule has 0 radical (unpaired) electrons. The first kappa shape index (κ1) is 23.3. The van der Waals surface area contributed by atoms with Gasteiger partial charge in [-0.25, -0.2) is 17.9 Å². The normalized spacial score (nSPS) is 18.4. The van der Waals surface area contributed by atoms with Gasteiger partial charge >= 0.3 is 6.03 Å². The molecule has 0 atom stereocenters. The molecule has 0 saturated carbocycles. The van der Waals surface area contributed by atoms with Crippen molar-refractivity contribution >= 4 is 33.3 Å². The molecule has 2 N–H and O–H groups in total. The highest BCUT2D eigenvalue weighted by atomic mass is 32.2. The minimum atomic E-state index is -3.30. The molecule has 2 aliphatic heterocycles. The van der Waals surface area contributed by atoms with Crippen molar-refractivity contribution in [2.45, 2.75) is 44.9 Å². The summed E-state index contributed by atoms with van der Waals surface area (Å²) in [5, 5.41) is 2.46. The van der Waals surface area contributed by atoms with Crippen molar-refractivity contribution in [1.29, 1.82) is 0 Å². The highest BCUT2D eigenvalue weighted by Gasteiger charge is 2.27. The number of likely N-dealkylation sites (tertiary alicyclic amines) is 1. The van der Waals surface area contributed by atoms with Gasteiger partial charge in [-0.15, -0.1) is 0 Å². The summed E-state index contributed by atoms with van der Waals surface area (Å²) in [6.07, 6.45) is 1.20. The number of hydrogen-bond acceptors (Lipinski definition) is 5. The number of piperidine rings is 1. The van der Waals surface area contributed by atoms with E-state index < -0.39 is 15.3 Å². The lowest BCUT2D eigenvalue weighted by Crippen LogP contribution is -2.48. The summed E-state index contributed by atoms with van der Waals surface area (Å²) < 4.78 is 26.8. The van der Waals surface area contributed by atoms with Crippen molar-refractivity contribution in [1.82, 2.24) is 14.5 Å². The summed E-state index contributed by atoms with van der Waals surface area (Å²) in [7, 11) is -3.30. The predicted octanol–water partition coefficient (Wildman–Crippen LogP) is 1.68. The van der Waals surface area contributed by atoms with Crippen LogP contribution in [0.15, 0.2) is 24.3 Å². The van der Waals surface area contributed by atoms with Gasteiger partial charge in [0.25, 0.3) is 0 Å². The summed E-state index contributed by atoms with van der Waals surface area (Å²) in [6.45, 7) is 8.95. The molecule has 0 bridgehead atoms. The van der Waals surface area contributed by atoms with Crippen LogP contribution in [-0.4, -0.2) is 80.7 Å². The Labute approximate surface area is 184 Å². The number of carbonyl (C=O) groups excluding carboxylic acids is 2. The van der Waals surface area contributed by atoms with Crippen LogP contribution in [0.2, 0.25) is 0 Å². The first-order chi connectivity index (χ1) is 14.7. The third-order valence-electron chi connectivity index (χ3n) is 5.94. The van der Waals surface area contributed by atoms with Crippen molar-refractivity contribution in [3.05, 3.63) is 24.3 Å². The standard InChI is InChI=1S/C21H33N5O4S/c1-16(2)31(29,30)23-19-8-10-26(11-9-19)21(28)22-18-4-6-20(7-5-18)25-14-12-24(13-15-25)17(3)27/h4-7,16,19,23H,8-15H2,1-3H3,(H,22,28). The molecule has 2 aliphatic rings.